The Hall–Kier alpha value is 0.0800. The van der Waals surface area contributed by atoms with E-state index in [9.17, 15) is 46.7 Å². The fraction of sp³-hybridized carbons (Fsp3) is 1.00. The molecule has 0 aromatic rings. The van der Waals surface area contributed by atoms with E-state index < -0.39 is 82.9 Å². The summed E-state index contributed by atoms with van der Waals surface area (Å²) in [7, 11) is 11.9. The van der Waals surface area contributed by atoms with Crippen molar-refractivity contribution in [2.75, 3.05) is 133 Å². The van der Waals surface area contributed by atoms with E-state index in [1.54, 1.807) is 59.9 Å². The van der Waals surface area contributed by atoms with Crippen molar-refractivity contribution in [2.45, 2.75) is 0 Å². The second-order valence-corrected chi connectivity index (χ2v) is 21.0. The van der Waals surface area contributed by atoms with Crippen LogP contribution in [0.15, 0.2) is 0 Å². The molecule has 0 spiro atoms. The number of rotatable bonds is 15. The minimum absolute atomic E-state index is 0.823. The Morgan fingerprint density at radius 1 is 0.604 bits per heavy atom. The van der Waals surface area contributed by atoms with Gasteiger partial charge in [-0.3, -0.25) is 8.37 Å². The van der Waals surface area contributed by atoms with Gasteiger partial charge in [0.2, 0.25) is 21.3 Å². The summed E-state index contributed by atoms with van der Waals surface area (Å²) in [6.45, 7) is 0. The van der Waals surface area contributed by atoms with Gasteiger partial charge in [-0.2, -0.15) is 25.9 Å². The lowest BCUT2D eigenvalue weighted by Crippen LogP contribution is -2.32. The Labute approximate surface area is 329 Å². The van der Waals surface area contributed by atoms with Gasteiger partial charge in [0.05, 0.1) is 31.5 Å². The Balaban J connectivity index is -0.0000000731. The smallest absolute Gasteiger partial charge is 0.300 e. The first-order valence-electron chi connectivity index (χ1n) is 13.5. The van der Waals surface area contributed by atoms with Crippen molar-refractivity contribution in [1.82, 2.24) is 51.5 Å². The van der Waals surface area contributed by atoms with E-state index in [0.717, 1.165) is 17.7 Å². The first-order valence-corrected chi connectivity index (χ1v) is 24.7. The van der Waals surface area contributed by atoms with Gasteiger partial charge in [-0.25, -0.2) is 72.3 Å². The van der Waals surface area contributed by atoms with Crippen LogP contribution < -0.4 is 42.9 Å². The molecule has 0 aliphatic carbocycles. The summed E-state index contributed by atoms with van der Waals surface area (Å²) in [4.78, 5) is 0. The van der Waals surface area contributed by atoms with Crippen molar-refractivity contribution >= 4 is 82.9 Å². The lowest BCUT2D eigenvalue weighted by Gasteiger charge is -2.09. The molecule has 0 amide bonds. The highest BCUT2D eigenvalue weighted by molar-refractivity contribution is 7.88. The van der Waals surface area contributed by atoms with Gasteiger partial charge < -0.3 is 9.05 Å². The molecule has 26 nitrogen and oxygen atoms in total. The van der Waals surface area contributed by atoms with Gasteiger partial charge in [0.25, 0.3) is 10.2 Å². The monoisotopic (exact) mass is 943 g/mol. The fourth-order valence-electron chi connectivity index (χ4n) is 0.891. The fourth-order valence-corrected chi connectivity index (χ4v) is 2.67. The van der Waals surface area contributed by atoms with E-state index in [0.29, 0.717) is 0 Å². The molecule has 0 aliphatic heterocycles. The van der Waals surface area contributed by atoms with Gasteiger partial charge in [0, 0.05) is 62.8 Å². The summed E-state index contributed by atoms with van der Waals surface area (Å²) < 4.78 is 150. The highest BCUT2D eigenvalue weighted by Gasteiger charge is 2.15. The number of nitrogens with one attached hydrogen (secondary N) is 9. The number of nitrogens with zero attached hydrogens (tertiary/aromatic N) is 2. The molecule has 0 aromatic carbocycles. The molecule has 3 unspecified atom stereocenters. The molecule has 34 heteroatoms. The lowest BCUT2D eigenvalue weighted by molar-refractivity contribution is 0.267. The minimum Gasteiger partial charge on any atom is -0.300 e. The Bertz CT molecular complexity index is 1240. The van der Waals surface area contributed by atoms with Gasteiger partial charge >= 0.3 is 18.1 Å². The second kappa shape index (κ2) is 44.8. The van der Waals surface area contributed by atoms with Crippen LogP contribution in [0.1, 0.15) is 0 Å². The van der Waals surface area contributed by atoms with Crippen LogP contribution in [0.25, 0.3) is 0 Å². The number of sulfonamides is 1. The molecule has 0 bridgehead atoms. The minimum atomic E-state index is -3.41. The highest BCUT2D eigenvalue weighted by atomic mass is 32.2. The number of hydrogen-bond acceptors (Lipinski definition) is 15. The first kappa shape index (κ1) is 70.8. The molecule has 9 N–H and O–H groups in total. The molecule has 0 heterocycles. The molecule has 3 atom stereocenters. The lowest BCUT2D eigenvalue weighted by atomic mass is 11.3. The van der Waals surface area contributed by atoms with E-state index in [2.05, 4.69) is 55.6 Å². The van der Waals surface area contributed by atoms with E-state index in [4.69, 9.17) is 0 Å². The average molecular weight is 944 g/mol. The van der Waals surface area contributed by atoms with Gasteiger partial charge in [-0.05, 0) is 49.3 Å². The molecular weight excluding hydrogens is 878 g/mol. The topological polar surface area (TPSA) is 339 Å². The number of hydrogen-bond donors (Lipinski definition) is 9. The van der Waals surface area contributed by atoms with Crippen molar-refractivity contribution in [2.24, 2.45) is 0 Å². The Morgan fingerprint density at radius 3 is 0.962 bits per heavy atom. The largest absolute Gasteiger partial charge is 0.404 e. The Morgan fingerprint density at radius 2 is 0.962 bits per heavy atom. The zero-order chi connectivity index (χ0) is 44.7. The predicted molar refractivity (Wildman–Crippen MR) is 216 cm³/mol. The molecule has 0 fully saturated rings. The van der Waals surface area contributed by atoms with Gasteiger partial charge in [0.15, 0.2) is 22.3 Å². The highest BCUT2D eigenvalue weighted by Crippen LogP contribution is 2.39. The molecular formula is C19H66N11O15PS7. The summed E-state index contributed by atoms with van der Waals surface area (Å²) in [5.74, 6) is 0. The SMILES string of the molecule is CNP(=O)(OC)OC.CNS(=O)(=O)N(C)C.CNS(=O)(=O)OC.CNS(=O)N(C)C.CNS(=O)NC.CNS(=O)OC.CNS(C)(=O)=O.CNS(C)=O. The van der Waals surface area contributed by atoms with E-state index >= 15 is 0 Å². The average Bonchev–Trinajstić information content (AvgIpc) is 3.14. The van der Waals surface area contributed by atoms with Crippen LogP contribution in [0.2, 0.25) is 0 Å². The molecule has 334 valence electrons. The second-order valence-electron chi connectivity index (χ2n) is 7.59. The van der Waals surface area contributed by atoms with Gasteiger partial charge in [0.1, 0.15) is 0 Å². The summed E-state index contributed by atoms with van der Waals surface area (Å²) in [5.41, 5.74) is 0. The van der Waals surface area contributed by atoms with Crippen LogP contribution >= 0.6 is 7.75 Å². The predicted octanol–water partition coefficient (Wildman–Crippen LogP) is -4.84. The van der Waals surface area contributed by atoms with Crippen molar-refractivity contribution in [3.05, 3.63) is 0 Å². The quantitative estimate of drug-likeness (QED) is 0.0696. The maximum absolute atomic E-state index is 10.8. The van der Waals surface area contributed by atoms with Crippen molar-refractivity contribution < 1.29 is 64.1 Å². The van der Waals surface area contributed by atoms with Crippen LogP contribution in [0, 0.1) is 0 Å². The molecule has 0 saturated heterocycles. The van der Waals surface area contributed by atoms with Crippen LogP contribution in [-0.4, -0.2) is 183 Å². The maximum atomic E-state index is 10.8. The molecule has 0 saturated carbocycles. The van der Waals surface area contributed by atoms with Crippen molar-refractivity contribution in [1.29, 1.82) is 0 Å². The molecule has 0 rings (SSSR count). The van der Waals surface area contributed by atoms with E-state index in [-0.39, 0.29) is 0 Å². The first-order chi connectivity index (χ1) is 23.9. The van der Waals surface area contributed by atoms with Crippen molar-refractivity contribution in [3.8, 4) is 0 Å². The van der Waals surface area contributed by atoms with E-state index in [1.165, 1.54) is 63.6 Å². The van der Waals surface area contributed by atoms with Crippen LogP contribution in [-0.2, 0) is 97.1 Å². The molecule has 0 aromatic heterocycles. The normalized spacial score (nSPS) is 12.6. The van der Waals surface area contributed by atoms with Gasteiger partial charge in [-0.15, -0.1) is 0 Å². The van der Waals surface area contributed by atoms with Crippen LogP contribution in [0.4, 0.5) is 0 Å². The molecule has 53 heavy (non-hydrogen) atoms. The van der Waals surface area contributed by atoms with Gasteiger partial charge in [-0.1, -0.05) is 0 Å². The molecule has 0 radical (unpaired) electrons. The van der Waals surface area contributed by atoms with Crippen molar-refractivity contribution in [3.63, 3.8) is 0 Å². The van der Waals surface area contributed by atoms with Crippen LogP contribution in [0.5, 0.6) is 0 Å². The zero-order valence-electron chi connectivity index (χ0n) is 33.8. The Kier molecular flexibility index (Phi) is 59.9. The standard InChI is InChI=1S/C3H10N2O2S.C3H10N2OS.C3H10NO3P.C2H8N2OS.C2H7NO3S.2C2H7NO2S.C2H7NOS/c1-4-8(6,7)5(2)3;1-4-7(6)5(2)3;1-4-8(5,6-2)7-3;1-3-6(5)4-2;1-3-7(4,5)6-2;1-3-6(2,4)5;1-3-6(4)5-2;1-3-5(2)4/h4H,1-3H3;4H,1-3H3;1-3H3,(H,4,5);3-4H,1-2H3;3H,1-2H3;2*3H,1-2H3;3H,1-2H3. The molecule has 0 aliphatic rings. The third kappa shape index (κ3) is 70.4. The summed E-state index contributed by atoms with van der Waals surface area (Å²) in [6, 6.07) is 0. The van der Waals surface area contributed by atoms with E-state index in [1.807, 2.05) is 4.72 Å². The van der Waals surface area contributed by atoms with Crippen LogP contribution in [0.3, 0.4) is 0 Å². The third-order valence-corrected chi connectivity index (χ3v) is 11.4. The summed E-state index contributed by atoms with van der Waals surface area (Å²) >= 11 is -3.31. The zero-order valence-corrected chi connectivity index (χ0v) is 40.4. The third-order valence-electron chi connectivity index (χ3n) is 3.82. The maximum Gasteiger partial charge on any atom is 0.404 e. The summed E-state index contributed by atoms with van der Waals surface area (Å²) in [5, 5.41) is 2.39. The summed E-state index contributed by atoms with van der Waals surface area (Å²) in [6.07, 6.45) is 2.69.